The highest BCUT2D eigenvalue weighted by Crippen LogP contribution is 2.44. The molecule has 0 bridgehead atoms. The Labute approximate surface area is 195 Å². The van der Waals surface area contributed by atoms with Gasteiger partial charge in [0.05, 0.1) is 15.6 Å². The lowest BCUT2D eigenvalue weighted by Gasteiger charge is -2.28. The number of benzene rings is 2. The van der Waals surface area contributed by atoms with Crippen molar-refractivity contribution < 1.29 is 36.6 Å². The van der Waals surface area contributed by atoms with Crippen LogP contribution in [0.4, 0.5) is 18.9 Å². The summed E-state index contributed by atoms with van der Waals surface area (Å²) in [7, 11) is -5.63. The Morgan fingerprint density at radius 3 is 1.73 bits per heavy atom. The van der Waals surface area contributed by atoms with E-state index < -0.39 is 59.1 Å². The average Bonchev–Trinajstić information content (AvgIpc) is 2.60. The minimum atomic E-state index is -5.63. The molecule has 11 heteroatoms. The molecule has 182 valence electrons. The number of carbonyl (C=O) groups excluding carboxylic acids is 1. The SMILES string of the molecule is CC(C)(C)c1cc(C(C)(C)C)c(O)c(C(=O)Nc2ccc(S(=O)(=O)C(F)(F)F)cc2Cl)c1O. The summed E-state index contributed by atoms with van der Waals surface area (Å²) in [6.07, 6.45) is 0. The molecule has 0 saturated heterocycles. The van der Waals surface area contributed by atoms with Gasteiger partial charge in [0.15, 0.2) is 0 Å². The number of anilines is 1. The maximum Gasteiger partial charge on any atom is 0.501 e. The van der Waals surface area contributed by atoms with Crippen LogP contribution in [0.15, 0.2) is 29.2 Å². The molecule has 0 unspecified atom stereocenters. The van der Waals surface area contributed by atoms with Gasteiger partial charge in [-0.15, -0.1) is 0 Å². The van der Waals surface area contributed by atoms with Crippen LogP contribution in [0.2, 0.25) is 5.02 Å². The molecule has 0 aliphatic heterocycles. The van der Waals surface area contributed by atoms with Crippen LogP contribution in [-0.2, 0) is 20.7 Å². The number of rotatable bonds is 3. The van der Waals surface area contributed by atoms with Crippen molar-refractivity contribution in [3.05, 3.63) is 46.0 Å². The predicted molar refractivity (Wildman–Crippen MR) is 120 cm³/mol. The van der Waals surface area contributed by atoms with Crippen molar-refractivity contribution in [3.63, 3.8) is 0 Å². The van der Waals surface area contributed by atoms with Crippen LogP contribution in [0.25, 0.3) is 0 Å². The van der Waals surface area contributed by atoms with E-state index >= 15 is 0 Å². The maximum atomic E-state index is 13.0. The third-order valence-corrected chi connectivity index (χ3v) is 6.72. The average molecular weight is 508 g/mol. The van der Waals surface area contributed by atoms with Gasteiger partial charge in [-0.25, -0.2) is 8.42 Å². The van der Waals surface area contributed by atoms with E-state index in [1.807, 2.05) is 41.5 Å². The highest BCUT2D eigenvalue weighted by molar-refractivity contribution is 7.92. The molecular weight excluding hydrogens is 483 g/mol. The number of sulfone groups is 1. The Hall–Kier alpha value is -2.46. The second-order valence-corrected chi connectivity index (χ2v) is 11.9. The fourth-order valence-corrected chi connectivity index (χ4v) is 4.18. The minimum absolute atomic E-state index is 0.208. The van der Waals surface area contributed by atoms with Gasteiger partial charge in [0.1, 0.15) is 17.1 Å². The van der Waals surface area contributed by atoms with Crippen LogP contribution >= 0.6 is 11.6 Å². The first-order valence-electron chi connectivity index (χ1n) is 9.71. The van der Waals surface area contributed by atoms with Crippen molar-refractivity contribution in [3.8, 4) is 11.5 Å². The Morgan fingerprint density at radius 1 is 0.909 bits per heavy atom. The normalized spacial score (nSPS) is 13.2. The van der Waals surface area contributed by atoms with Crippen LogP contribution in [0.3, 0.4) is 0 Å². The molecule has 6 nitrogen and oxygen atoms in total. The molecule has 2 rings (SSSR count). The van der Waals surface area contributed by atoms with E-state index in [-0.39, 0.29) is 5.69 Å². The summed E-state index contributed by atoms with van der Waals surface area (Å²) in [5, 5.41) is 23.4. The van der Waals surface area contributed by atoms with Gasteiger partial charge in [0.2, 0.25) is 0 Å². The third kappa shape index (κ3) is 5.22. The molecule has 0 saturated carbocycles. The molecule has 0 atom stereocenters. The molecule has 0 radical (unpaired) electrons. The van der Waals surface area contributed by atoms with Crippen molar-refractivity contribution >= 4 is 33.0 Å². The molecule has 0 aliphatic carbocycles. The first-order chi connectivity index (χ1) is 14.7. The summed E-state index contributed by atoms with van der Waals surface area (Å²) < 4.78 is 61.5. The molecule has 0 aromatic heterocycles. The second kappa shape index (κ2) is 8.39. The van der Waals surface area contributed by atoms with E-state index in [0.717, 1.165) is 6.07 Å². The van der Waals surface area contributed by atoms with Crippen molar-refractivity contribution in [1.29, 1.82) is 0 Å². The summed E-state index contributed by atoms with van der Waals surface area (Å²) in [5.41, 5.74) is -6.57. The lowest BCUT2D eigenvalue weighted by molar-refractivity contribution is -0.0436. The molecule has 0 aliphatic rings. The quantitative estimate of drug-likeness (QED) is 0.480. The van der Waals surface area contributed by atoms with Gasteiger partial charge < -0.3 is 15.5 Å². The van der Waals surface area contributed by atoms with Gasteiger partial charge >= 0.3 is 5.51 Å². The lowest BCUT2D eigenvalue weighted by Crippen LogP contribution is -2.23. The number of carbonyl (C=O) groups is 1. The molecule has 33 heavy (non-hydrogen) atoms. The molecule has 0 fully saturated rings. The fraction of sp³-hybridized carbons (Fsp3) is 0.409. The molecule has 2 aromatic carbocycles. The summed E-state index contributed by atoms with van der Waals surface area (Å²) in [6, 6.07) is 3.72. The second-order valence-electron chi connectivity index (χ2n) is 9.59. The summed E-state index contributed by atoms with van der Waals surface area (Å²) in [4.78, 5) is 11.9. The first-order valence-corrected chi connectivity index (χ1v) is 11.6. The van der Waals surface area contributed by atoms with Crippen LogP contribution in [0, 0.1) is 0 Å². The number of alkyl halides is 3. The topological polar surface area (TPSA) is 104 Å². The number of amides is 1. The van der Waals surface area contributed by atoms with Crippen LogP contribution in [0.1, 0.15) is 63.0 Å². The predicted octanol–water partition coefficient (Wildman–Crippen LogP) is 5.89. The van der Waals surface area contributed by atoms with E-state index in [9.17, 15) is 36.6 Å². The summed E-state index contributed by atoms with van der Waals surface area (Å²) >= 11 is 5.93. The number of phenols is 2. The first kappa shape index (κ1) is 26.8. The molecule has 0 spiro atoms. The van der Waals surface area contributed by atoms with Crippen LogP contribution < -0.4 is 5.32 Å². The van der Waals surface area contributed by atoms with Gasteiger partial charge in [0, 0.05) is 11.1 Å². The molecular formula is C22H25ClF3NO5S. The molecule has 0 heterocycles. The zero-order chi connectivity index (χ0) is 25.7. The van der Waals surface area contributed by atoms with E-state index in [1.54, 1.807) is 6.07 Å². The number of aromatic hydroxyl groups is 2. The van der Waals surface area contributed by atoms with Gasteiger partial charge in [-0.3, -0.25) is 4.79 Å². The Morgan fingerprint density at radius 2 is 1.36 bits per heavy atom. The van der Waals surface area contributed by atoms with Gasteiger partial charge in [0.25, 0.3) is 15.7 Å². The van der Waals surface area contributed by atoms with Crippen molar-refractivity contribution in [2.24, 2.45) is 0 Å². The van der Waals surface area contributed by atoms with E-state index in [2.05, 4.69) is 5.32 Å². The lowest BCUT2D eigenvalue weighted by atomic mass is 9.78. The van der Waals surface area contributed by atoms with E-state index in [0.29, 0.717) is 23.3 Å². The van der Waals surface area contributed by atoms with Crippen molar-refractivity contribution in [1.82, 2.24) is 0 Å². The number of hydrogen-bond donors (Lipinski definition) is 3. The number of phenolic OH excluding ortho intramolecular Hbond substituents is 2. The number of halogens is 4. The zero-order valence-corrected chi connectivity index (χ0v) is 20.4. The fourth-order valence-electron chi connectivity index (χ4n) is 3.10. The van der Waals surface area contributed by atoms with E-state index in [1.165, 1.54) is 0 Å². The zero-order valence-electron chi connectivity index (χ0n) is 18.8. The largest absolute Gasteiger partial charge is 0.507 e. The van der Waals surface area contributed by atoms with Gasteiger partial charge in [-0.2, -0.15) is 13.2 Å². The standard InChI is InChI=1S/C22H25ClF3NO5S/c1-20(2,3)12-10-13(21(4,5)6)18(29)16(17(12)28)19(30)27-15-8-7-11(9-14(15)23)33(31,32)22(24,25)26/h7-10,28-29H,1-6H3,(H,27,30). The van der Waals surface area contributed by atoms with Crippen LogP contribution in [0.5, 0.6) is 11.5 Å². The van der Waals surface area contributed by atoms with Gasteiger partial charge in [-0.1, -0.05) is 53.1 Å². The highest BCUT2D eigenvalue weighted by Gasteiger charge is 2.47. The third-order valence-electron chi connectivity index (χ3n) is 4.92. The smallest absolute Gasteiger partial charge is 0.501 e. The monoisotopic (exact) mass is 507 g/mol. The highest BCUT2D eigenvalue weighted by atomic mass is 35.5. The van der Waals surface area contributed by atoms with Gasteiger partial charge in [-0.05, 0) is 35.1 Å². The number of nitrogens with one attached hydrogen (secondary N) is 1. The summed E-state index contributed by atoms with van der Waals surface area (Å²) in [6.45, 7) is 10.9. The Balaban J connectivity index is 2.60. The van der Waals surface area contributed by atoms with Crippen molar-refractivity contribution in [2.45, 2.75) is 62.8 Å². The van der Waals surface area contributed by atoms with Crippen LogP contribution in [-0.4, -0.2) is 30.0 Å². The molecule has 3 N–H and O–H groups in total. The Kier molecular flexibility index (Phi) is 6.81. The number of hydrogen-bond acceptors (Lipinski definition) is 5. The minimum Gasteiger partial charge on any atom is -0.507 e. The van der Waals surface area contributed by atoms with Crippen molar-refractivity contribution in [2.75, 3.05) is 5.32 Å². The molecule has 2 aromatic rings. The molecule has 1 amide bonds. The maximum absolute atomic E-state index is 13.0. The Bertz CT molecular complexity index is 1170. The van der Waals surface area contributed by atoms with E-state index in [4.69, 9.17) is 11.6 Å². The summed E-state index contributed by atoms with van der Waals surface area (Å²) in [5.74, 6) is -1.90.